The largest absolute Gasteiger partial charge is 0.493 e. The Kier molecular flexibility index (Phi) is 7.57. The minimum absolute atomic E-state index is 0.00714. The van der Waals surface area contributed by atoms with E-state index in [0.29, 0.717) is 37.3 Å². The molecule has 0 unspecified atom stereocenters. The number of nitrogens with one attached hydrogen (secondary N) is 1. The van der Waals surface area contributed by atoms with E-state index < -0.39 is 17.5 Å². The number of hydrogen-bond donors (Lipinski definition) is 2. The van der Waals surface area contributed by atoms with Crippen LogP contribution in [-0.2, 0) is 14.4 Å². The van der Waals surface area contributed by atoms with E-state index in [0.717, 1.165) is 49.7 Å². The Morgan fingerprint density at radius 3 is 2.31 bits per heavy atom. The Labute approximate surface area is 207 Å². The van der Waals surface area contributed by atoms with Crippen LogP contribution >= 0.6 is 0 Å². The van der Waals surface area contributed by atoms with Crippen LogP contribution in [0.25, 0.3) is 0 Å². The lowest BCUT2D eigenvalue weighted by molar-refractivity contribution is -0.145. The van der Waals surface area contributed by atoms with Crippen LogP contribution in [0.15, 0.2) is 12.1 Å². The number of amides is 3. The molecule has 2 atom stereocenters. The molecule has 3 N–H and O–H groups in total. The summed E-state index contributed by atoms with van der Waals surface area (Å²) in [6, 6.07) is 3.37. The van der Waals surface area contributed by atoms with Crippen molar-refractivity contribution < 1.29 is 23.9 Å². The fourth-order valence-electron chi connectivity index (χ4n) is 5.97. The molecule has 2 saturated carbocycles. The van der Waals surface area contributed by atoms with Gasteiger partial charge in [0.15, 0.2) is 11.5 Å². The molecule has 1 heterocycles. The SMILES string of the molecule is COc1cc([C@@H](C(=O)N2CCCC[C@H]2C(=O)NC2(C(N)=O)CC2)C2CCCCC2)cc(C)c1OC. The average molecular weight is 486 g/mol. The molecule has 8 heteroatoms. The first-order valence-corrected chi connectivity index (χ1v) is 13.0. The Balaban J connectivity index is 1.66. The summed E-state index contributed by atoms with van der Waals surface area (Å²) in [6.45, 7) is 2.50. The van der Waals surface area contributed by atoms with E-state index in [1.807, 2.05) is 19.1 Å². The molecular formula is C27H39N3O5. The predicted molar refractivity (Wildman–Crippen MR) is 132 cm³/mol. The molecule has 2 aliphatic carbocycles. The summed E-state index contributed by atoms with van der Waals surface area (Å²) in [7, 11) is 3.22. The monoisotopic (exact) mass is 485 g/mol. The van der Waals surface area contributed by atoms with Crippen LogP contribution < -0.4 is 20.5 Å². The fourth-order valence-corrected chi connectivity index (χ4v) is 5.97. The highest BCUT2D eigenvalue weighted by atomic mass is 16.5. The van der Waals surface area contributed by atoms with E-state index in [2.05, 4.69) is 5.32 Å². The summed E-state index contributed by atoms with van der Waals surface area (Å²) in [4.78, 5) is 41.2. The van der Waals surface area contributed by atoms with Crippen LogP contribution in [0, 0.1) is 12.8 Å². The third kappa shape index (κ3) is 5.11. The van der Waals surface area contributed by atoms with Crippen molar-refractivity contribution in [3.05, 3.63) is 23.3 Å². The molecule has 3 fully saturated rings. The lowest BCUT2D eigenvalue weighted by Crippen LogP contribution is -2.57. The van der Waals surface area contributed by atoms with Gasteiger partial charge in [0.2, 0.25) is 17.7 Å². The van der Waals surface area contributed by atoms with E-state index in [4.69, 9.17) is 15.2 Å². The molecule has 0 radical (unpaired) electrons. The summed E-state index contributed by atoms with van der Waals surface area (Å²) >= 11 is 0. The molecule has 192 valence electrons. The van der Waals surface area contributed by atoms with E-state index in [1.54, 1.807) is 19.1 Å². The van der Waals surface area contributed by atoms with E-state index >= 15 is 0 Å². The van der Waals surface area contributed by atoms with Crippen LogP contribution in [0.2, 0.25) is 0 Å². The van der Waals surface area contributed by atoms with Gasteiger partial charge in [-0.3, -0.25) is 14.4 Å². The van der Waals surface area contributed by atoms with Crippen molar-refractivity contribution in [2.75, 3.05) is 20.8 Å². The quantitative estimate of drug-likeness (QED) is 0.587. The fraction of sp³-hybridized carbons (Fsp3) is 0.667. The zero-order valence-corrected chi connectivity index (χ0v) is 21.2. The molecule has 4 rings (SSSR count). The number of benzene rings is 1. The molecule has 0 spiro atoms. The Bertz CT molecular complexity index is 968. The van der Waals surface area contributed by atoms with Gasteiger partial charge in [0.1, 0.15) is 11.6 Å². The molecule has 8 nitrogen and oxygen atoms in total. The number of aryl methyl sites for hydroxylation is 1. The molecule has 3 aliphatic rings. The third-order valence-electron chi connectivity index (χ3n) is 8.11. The van der Waals surface area contributed by atoms with Gasteiger partial charge in [-0.25, -0.2) is 0 Å². The highest BCUT2D eigenvalue weighted by Crippen LogP contribution is 2.42. The van der Waals surface area contributed by atoms with E-state index in [9.17, 15) is 14.4 Å². The maximum atomic E-state index is 14.3. The summed E-state index contributed by atoms with van der Waals surface area (Å²) < 4.78 is 11.1. The first kappa shape index (κ1) is 25.3. The number of nitrogens with zero attached hydrogens (tertiary/aromatic N) is 1. The Hall–Kier alpha value is -2.77. The summed E-state index contributed by atoms with van der Waals surface area (Å²) in [6.07, 6.45) is 8.81. The smallest absolute Gasteiger partial charge is 0.243 e. The summed E-state index contributed by atoms with van der Waals surface area (Å²) in [5, 5.41) is 2.88. The van der Waals surface area contributed by atoms with Gasteiger partial charge < -0.3 is 25.4 Å². The topological polar surface area (TPSA) is 111 Å². The van der Waals surface area contributed by atoms with Crippen molar-refractivity contribution in [3.8, 4) is 11.5 Å². The van der Waals surface area contributed by atoms with E-state index in [-0.39, 0.29) is 23.7 Å². The van der Waals surface area contributed by atoms with Gasteiger partial charge in [0.05, 0.1) is 20.1 Å². The number of hydrogen-bond acceptors (Lipinski definition) is 5. The molecule has 35 heavy (non-hydrogen) atoms. The zero-order valence-electron chi connectivity index (χ0n) is 21.2. The van der Waals surface area contributed by atoms with Gasteiger partial charge >= 0.3 is 0 Å². The van der Waals surface area contributed by atoms with Gasteiger partial charge in [-0.2, -0.15) is 0 Å². The molecule has 0 aromatic heterocycles. The third-order valence-corrected chi connectivity index (χ3v) is 8.11. The molecule has 1 aliphatic heterocycles. The van der Waals surface area contributed by atoms with Crippen LogP contribution in [0.4, 0.5) is 0 Å². The highest BCUT2D eigenvalue weighted by molar-refractivity contribution is 5.96. The number of carbonyl (C=O) groups excluding carboxylic acids is 3. The molecular weight excluding hydrogens is 446 g/mol. The number of carbonyl (C=O) groups is 3. The average Bonchev–Trinajstić information content (AvgIpc) is 3.65. The second-order valence-corrected chi connectivity index (χ2v) is 10.4. The number of ether oxygens (including phenoxy) is 2. The first-order chi connectivity index (χ1) is 16.8. The van der Waals surface area contributed by atoms with Gasteiger partial charge in [-0.1, -0.05) is 25.3 Å². The molecule has 0 bridgehead atoms. The highest BCUT2D eigenvalue weighted by Gasteiger charge is 2.51. The molecule has 1 saturated heterocycles. The molecule has 1 aromatic rings. The maximum absolute atomic E-state index is 14.3. The molecule has 3 amide bonds. The minimum Gasteiger partial charge on any atom is -0.493 e. The van der Waals surface area contributed by atoms with Crippen LogP contribution in [0.5, 0.6) is 11.5 Å². The lowest BCUT2D eigenvalue weighted by Gasteiger charge is -2.40. The minimum atomic E-state index is -0.938. The molecule has 1 aromatic carbocycles. The van der Waals surface area contributed by atoms with Gasteiger partial charge in [-0.15, -0.1) is 0 Å². The van der Waals surface area contributed by atoms with Crippen molar-refractivity contribution in [1.29, 1.82) is 0 Å². The summed E-state index contributed by atoms with van der Waals surface area (Å²) in [5.74, 6) is 0.365. The number of piperidine rings is 1. The maximum Gasteiger partial charge on any atom is 0.243 e. The van der Waals surface area contributed by atoms with Gasteiger partial charge in [0, 0.05) is 6.54 Å². The van der Waals surface area contributed by atoms with Crippen molar-refractivity contribution in [3.63, 3.8) is 0 Å². The number of likely N-dealkylation sites (tertiary alicyclic amines) is 1. The van der Waals surface area contributed by atoms with Crippen LogP contribution in [0.3, 0.4) is 0 Å². The van der Waals surface area contributed by atoms with Crippen molar-refractivity contribution >= 4 is 17.7 Å². The van der Waals surface area contributed by atoms with Crippen molar-refractivity contribution in [2.24, 2.45) is 11.7 Å². The zero-order chi connectivity index (χ0) is 25.2. The normalized spacial score (nSPS) is 22.7. The Morgan fingerprint density at radius 1 is 1.03 bits per heavy atom. The van der Waals surface area contributed by atoms with E-state index in [1.165, 1.54) is 6.42 Å². The Morgan fingerprint density at radius 2 is 1.71 bits per heavy atom. The van der Waals surface area contributed by atoms with Gasteiger partial charge in [0.25, 0.3) is 0 Å². The summed E-state index contributed by atoms with van der Waals surface area (Å²) in [5.41, 5.74) is 6.43. The second kappa shape index (κ2) is 10.5. The number of methoxy groups -OCH3 is 2. The number of rotatable bonds is 8. The van der Waals surface area contributed by atoms with Crippen molar-refractivity contribution in [2.45, 2.75) is 88.6 Å². The number of primary amides is 1. The predicted octanol–water partition coefficient (Wildman–Crippen LogP) is 3.19. The second-order valence-electron chi connectivity index (χ2n) is 10.4. The standard InChI is InChI=1S/C27H39N3O5/c1-17-15-19(16-21(34-2)23(17)35-3)22(18-9-5-4-6-10-18)25(32)30-14-8-7-11-20(30)24(31)29-27(12-13-27)26(28)33/h15-16,18,20,22H,4-14H2,1-3H3,(H2,28,33)(H,29,31)/t20-,22-/m0/s1. The number of nitrogens with two attached hydrogens (primary N) is 1. The van der Waals surface area contributed by atoms with Crippen LogP contribution in [0.1, 0.15) is 81.3 Å². The van der Waals surface area contributed by atoms with Gasteiger partial charge in [-0.05, 0) is 75.0 Å². The van der Waals surface area contributed by atoms with Crippen molar-refractivity contribution in [1.82, 2.24) is 10.2 Å². The first-order valence-electron chi connectivity index (χ1n) is 13.0. The van der Waals surface area contributed by atoms with Crippen LogP contribution in [-0.4, -0.2) is 55.0 Å². The lowest BCUT2D eigenvalue weighted by atomic mass is 9.75.